The van der Waals surface area contributed by atoms with Gasteiger partial charge < -0.3 is 9.30 Å². The number of thiophene rings is 1. The molecule has 0 aliphatic carbocycles. The SMILES string of the molecule is Cc1c(Cn2ccc(OCCc3cccs3)cc2=O)cccc1N1C(=O)c2ccccc2C1=O. The Morgan fingerprint density at radius 1 is 0.882 bits per heavy atom. The molecule has 0 saturated heterocycles. The van der Waals surface area contributed by atoms with Crippen molar-refractivity contribution < 1.29 is 14.3 Å². The van der Waals surface area contributed by atoms with E-state index in [-0.39, 0.29) is 17.4 Å². The predicted molar refractivity (Wildman–Crippen MR) is 132 cm³/mol. The molecule has 1 aliphatic rings. The molecule has 2 amide bonds. The fourth-order valence-electron chi connectivity index (χ4n) is 4.11. The molecule has 0 atom stereocenters. The third-order valence-corrected chi connectivity index (χ3v) is 6.89. The van der Waals surface area contributed by atoms with Crippen molar-refractivity contribution in [2.45, 2.75) is 19.9 Å². The third kappa shape index (κ3) is 4.06. The van der Waals surface area contributed by atoms with E-state index in [2.05, 4.69) is 6.07 Å². The number of anilines is 1. The average Bonchev–Trinajstić information content (AvgIpc) is 3.44. The van der Waals surface area contributed by atoms with Crippen molar-refractivity contribution >= 4 is 28.8 Å². The minimum absolute atomic E-state index is 0.181. The lowest BCUT2D eigenvalue weighted by atomic mass is 10.1. The molecule has 0 unspecified atom stereocenters. The fraction of sp³-hybridized carbons (Fsp3) is 0.148. The summed E-state index contributed by atoms with van der Waals surface area (Å²) in [7, 11) is 0. The lowest BCUT2D eigenvalue weighted by Gasteiger charge is -2.19. The molecule has 6 nitrogen and oxygen atoms in total. The highest BCUT2D eigenvalue weighted by Crippen LogP contribution is 2.32. The van der Waals surface area contributed by atoms with E-state index < -0.39 is 0 Å². The number of aromatic nitrogens is 1. The minimum Gasteiger partial charge on any atom is -0.493 e. The van der Waals surface area contributed by atoms with Gasteiger partial charge in [0.15, 0.2) is 0 Å². The molecule has 7 heteroatoms. The average molecular weight is 471 g/mol. The third-order valence-electron chi connectivity index (χ3n) is 5.96. The minimum atomic E-state index is -0.331. The van der Waals surface area contributed by atoms with Crippen LogP contribution in [0.3, 0.4) is 0 Å². The first-order valence-corrected chi connectivity index (χ1v) is 11.8. The number of hydrogen-bond acceptors (Lipinski definition) is 5. The topological polar surface area (TPSA) is 68.6 Å². The van der Waals surface area contributed by atoms with Gasteiger partial charge in [-0.2, -0.15) is 0 Å². The van der Waals surface area contributed by atoms with Gasteiger partial charge >= 0.3 is 0 Å². The molecule has 0 spiro atoms. The predicted octanol–water partition coefficient (Wildman–Crippen LogP) is 4.69. The molecule has 170 valence electrons. The number of rotatable bonds is 7. The van der Waals surface area contributed by atoms with Crippen LogP contribution in [0, 0.1) is 6.92 Å². The molecule has 3 heterocycles. The molecule has 0 saturated carbocycles. The van der Waals surface area contributed by atoms with Crippen LogP contribution in [0.5, 0.6) is 5.75 Å². The summed E-state index contributed by atoms with van der Waals surface area (Å²) < 4.78 is 7.33. The van der Waals surface area contributed by atoms with Gasteiger partial charge in [-0.1, -0.05) is 30.3 Å². The number of ether oxygens (including phenoxy) is 1. The number of benzene rings is 2. The highest BCUT2D eigenvalue weighted by atomic mass is 32.1. The van der Waals surface area contributed by atoms with Crippen LogP contribution in [0.15, 0.2) is 83.1 Å². The summed E-state index contributed by atoms with van der Waals surface area (Å²) in [5, 5.41) is 2.03. The smallest absolute Gasteiger partial charge is 0.266 e. The van der Waals surface area contributed by atoms with E-state index in [1.165, 1.54) is 15.8 Å². The van der Waals surface area contributed by atoms with Crippen LogP contribution in [-0.4, -0.2) is 23.0 Å². The van der Waals surface area contributed by atoms with E-state index in [9.17, 15) is 14.4 Å². The summed E-state index contributed by atoms with van der Waals surface area (Å²) in [5.74, 6) is -0.126. The van der Waals surface area contributed by atoms with Gasteiger partial charge in [-0.25, -0.2) is 4.90 Å². The van der Waals surface area contributed by atoms with Crippen LogP contribution >= 0.6 is 11.3 Å². The Hall–Kier alpha value is -3.97. The summed E-state index contributed by atoms with van der Waals surface area (Å²) in [6.07, 6.45) is 2.50. The van der Waals surface area contributed by atoms with E-state index in [0.29, 0.717) is 35.7 Å². The van der Waals surface area contributed by atoms with E-state index in [0.717, 1.165) is 17.5 Å². The molecule has 34 heavy (non-hydrogen) atoms. The quantitative estimate of drug-likeness (QED) is 0.368. The number of carbonyl (C=O) groups excluding carboxylic acids is 2. The molecule has 2 aromatic heterocycles. The van der Waals surface area contributed by atoms with Gasteiger partial charge in [0, 0.05) is 23.6 Å². The second-order valence-electron chi connectivity index (χ2n) is 8.06. The lowest BCUT2D eigenvalue weighted by molar-refractivity contribution is 0.0926. The number of amides is 2. The van der Waals surface area contributed by atoms with Crippen LogP contribution < -0.4 is 15.2 Å². The summed E-state index contributed by atoms with van der Waals surface area (Å²) in [6, 6.07) is 19.6. The second kappa shape index (κ2) is 9.11. The maximum absolute atomic E-state index is 12.9. The summed E-state index contributed by atoms with van der Waals surface area (Å²) >= 11 is 1.68. The zero-order valence-electron chi connectivity index (χ0n) is 18.6. The highest BCUT2D eigenvalue weighted by Gasteiger charge is 2.37. The number of imide groups is 1. The standard InChI is InChI=1S/C27H22N2O4S/c1-18-19(6-4-10-24(18)29-26(31)22-8-2-3-9-23(22)27(29)32)17-28-13-11-20(16-25(28)30)33-14-12-21-7-5-15-34-21/h2-11,13,15-16H,12,14,17H2,1H3. The molecular weight excluding hydrogens is 448 g/mol. The Balaban J connectivity index is 1.34. The number of pyridine rings is 1. The van der Waals surface area contributed by atoms with Crippen molar-refractivity contribution in [3.8, 4) is 5.75 Å². The van der Waals surface area contributed by atoms with Gasteiger partial charge in [-0.3, -0.25) is 14.4 Å². The monoisotopic (exact) mass is 470 g/mol. The molecular formula is C27H22N2O4S. The summed E-state index contributed by atoms with van der Waals surface area (Å²) in [6.45, 7) is 2.68. The van der Waals surface area contributed by atoms with Gasteiger partial charge in [0.2, 0.25) is 0 Å². The normalized spacial score (nSPS) is 12.8. The molecule has 0 fully saturated rings. The van der Waals surface area contributed by atoms with Crippen molar-refractivity contribution in [2.75, 3.05) is 11.5 Å². The van der Waals surface area contributed by atoms with Crippen LogP contribution in [-0.2, 0) is 13.0 Å². The molecule has 0 bridgehead atoms. The van der Waals surface area contributed by atoms with E-state index >= 15 is 0 Å². The summed E-state index contributed by atoms with van der Waals surface area (Å²) in [4.78, 5) is 41.0. The Morgan fingerprint density at radius 2 is 1.65 bits per heavy atom. The van der Waals surface area contributed by atoms with Gasteiger partial charge in [0.05, 0.1) is 30.0 Å². The summed E-state index contributed by atoms with van der Waals surface area (Å²) in [5.41, 5.74) is 2.79. The molecule has 1 aliphatic heterocycles. The Labute approximate surface area is 200 Å². The largest absolute Gasteiger partial charge is 0.493 e. The number of carbonyl (C=O) groups is 2. The van der Waals surface area contributed by atoms with Gasteiger partial charge in [0.1, 0.15) is 5.75 Å². The Morgan fingerprint density at radius 3 is 2.32 bits per heavy atom. The van der Waals surface area contributed by atoms with E-state index in [1.54, 1.807) is 64.6 Å². The fourth-order valence-corrected chi connectivity index (χ4v) is 4.80. The number of nitrogens with zero attached hydrogens (tertiary/aromatic N) is 2. The second-order valence-corrected chi connectivity index (χ2v) is 9.09. The van der Waals surface area contributed by atoms with Gasteiger partial charge in [-0.05, 0) is 53.8 Å². The maximum atomic E-state index is 12.9. The zero-order chi connectivity index (χ0) is 23.7. The van der Waals surface area contributed by atoms with Crippen molar-refractivity contribution in [3.63, 3.8) is 0 Å². The van der Waals surface area contributed by atoms with Gasteiger partial charge in [-0.15, -0.1) is 11.3 Å². The van der Waals surface area contributed by atoms with Crippen molar-refractivity contribution in [2.24, 2.45) is 0 Å². The first-order valence-electron chi connectivity index (χ1n) is 10.9. The van der Waals surface area contributed by atoms with Crippen LogP contribution in [0.1, 0.15) is 36.7 Å². The van der Waals surface area contributed by atoms with E-state index in [1.807, 2.05) is 24.4 Å². The van der Waals surface area contributed by atoms with Gasteiger partial charge in [0.25, 0.3) is 17.4 Å². The molecule has 4 aromatic rings. The first-order chi connectivity index (χ1) is 16.5. The number of fused-ring (bicyclic) bond motifs is 1. The molecule has 2 aromatic carbocycles. The van der Waals surface area contributed by atoms with Crippen molar-refractivity contribution in [3.05, 3.63) is 116 Å². The first kappa shape index (κ1) is 21.9. The van der Waals surface area contributed by atoms with Crippen molar-refractivity contribution in [1.29, 1.82) is 0 Å². The highest BCUT2D eigenvalue weighted by molar-refractivity contribution is 7.09. The number of hydrogen-bond donors (Lipinski definition) is 0. The molecule has 0 N–H and O–H groups in total. The maximum Gasteiger partial charge on any atom is 0.266 e. The van der Waals surface area contributed by atoms with E-state index in [4.69, 9.17) is 4.74 Å². The van der Waals surface area contributed by atoms with Crippen LogP contribution in [0.4, 0.5) is 5.69 Å². The van der Waals surface area contributed by atoms with Crippen molar-refractivity contribution in [1.82, 2.24) is 4.57 Å². The Bertz CT molecular complexity index is 1400. The van der Waals surface area contributed by atoms with Crippen LogP contribution in [0.2, 0.25) is 0 Å². The molecule has 5 rings (SSSR count). The molecule has 0 radical (unpaired) electrons. The Kier molecular flexibility index (Phi) is 5.86. The zero-order valence-corrected chi connectivity index (χ0v) is 19.4. The lowest BCUT2D eigenvalue weighted by Crippen LogP contribution is -2.30. The van der Waals surface area contributed by atoms with Crippen LogP contribution in [0.25, 0.3) is 0 Å².